The van der Waals surface area contributed by atoms with Crippen molar-refractivity contribution < 1.29 is 14.3 Å². The van der Waals surface area contributed by atoms with Crippen LogP contribution in [0.4, 0.5) is 0 Å². The minimum absolute atomic E-state index is 0.394. The molecule has 0 spiro atoms. The molecule has 3 rings (SSSR count). The predicted octanol–water partition coefficient (Wildman–Crippen LogP) is 3.33. The fourth-order valence-electron chi connectivity index (χ4n) is 2.24. The lowest BCUT2D eigenvalue weighted by atomic mass is 10.1. The van der Waals surface area contributed by atoms with Crippen LogP contribution < -0.4 is 9.47 Å². The van der Waals surface area contributed by atoms with E-state index in [4.69, 9.17) is 9.47 Å². The summed E-state index contributed by atoms with van der Waals surface area (Å²) in [4.78, 5) is 16.1. The van der Waals surface area contributed by atoms with Gasteiger partial charge in [0.1, 0.15) is 24.2 Å². The molecule has 25 heavy (non-hydrogen) atoms. The number of esters is 1. The Bertz CT molecular complexity index is 797. The molecule has 0 aliphatic carbocycles. The lowest BCUT2D eigenvalue weighted by Crippen LogP contribution is -2.09. The average Bonchev–Trinajstić information content (AvgIpc) is 3.15. The molecule has 1 heterocycles. The quantitative estimate of drug-likeness (QED) is 0.489. The molecule has 0 aliphatic heterocycles. The highest BCUT2D eigenvalue weighted by Crippen LogP contribution is 2.19. The van der Waals surface area contributed by atoms with Gasteiger partial charge in [0.05, 0.1) is 18.7 Å². The predicted molar refractivity (Wildman–Crippen MR) is 92.8 cm³/mol. The van der Waals surface area contributed by atoms with E-state index in [2.05, 4.69) is 10.1 Å². The first kappa shape index (κ1) is 16.7. The van der Waals surface area contributed by atoms with Gasteiger partial charge in [-0.25, -0.2) is 14.5 Å². The maximum atomic E-state index is 12.2. The molecule has 2 aromatic carbocycles. The maximum Gasteiger partial charge on any atom is 0.343 e. The number of aromatic nitrogens is 3. The Kier molecular flexibility index (Phi) is 5.41. The van der Waals surface area contributed by atoms with Crippen LogP contribution in [-0.2, 0) is 6.54 Å². The second kappa shape index (κ2) is 8.10. The Morgan fingerprint density at radius 2 is 1.76 bits per heavy atom. The van der Waals surface area contributed by atoms with Gasteiger partial charge in [-0.05, 0) is 48.4 Å². The Balaban J connectivity index is 1.59. The molecule has 128 valence electrons. The molecule has 0 N–H and O–H groups in total. The summed E-state index contributed by atoms with van der Waals surface area (Å²) in [7, 11) is 0. The van der Waals surface area contributed by atoms with Gasteiger partial charge in [-0.3, -0.25) is 0 Å². The molecule has 3 aromatic rings. The first-order valence-electron chi connectivity index (χ1n) is 8.11. The van der Waals surface area contributed by atoms with Gasteiger partial charge in [0.25, 0.3) is 0 Å². The van der Waals surface area contributed by atoms with Crippen LogP contribution in [-0.4, -0.2) is 27.3 Å². The molecule has 0 fully saturated rings. The summed E-state index contributed by atoms with van der Waals surface area (Å²) in [5.41, 5.74) is 1.52. The smallest absolute Gasteiger partial charge is 0.343 e. The van der Waals surface area contributed by atoms with Crippen molar-refractivity contribution in [1.29, 1.82) is 0 Å². The zero-order valence-electron chi connectivity index (χ0n) is 14.0. The van der Waals surface area contributed by atoms with Crippen molar-refractivity contribution in [3.63, 3.8) is 0 Å². The van der Waals surface area contributed by atoms with E-state index in [1.54, 1.807) is 47.4 Å². The van der Waals surface area contributed by atoms with Crippen molar-refractivity contribution in [3.8, 4) is 11.5 Å². The highest BCUT2D eigenvalue weighted by atomic mass is 16.5. The van der Waals surface area contributed by atoms with Crippen LogP contribution in [0.3, 0.4) is 0 Å². The lowest BCUT2D eigenvalue weighted by molar-refractivity contribution is 0.0734. The molecule has 0 amide bonds. The van der Waals surface area contributed by atoms with Gasteiger partial charge in [0, 0.05) is 0 Å². The monoisotopic (exact) mass is 337 g/mol. The van der Waals surface area contributed by atoms with E-state index < -0.39 is 5.97 Å². The Labute approximate surface area is 146 Å². The molecule has 6 nitrogen and oxygen atoms in total. The number of benzene rings is 2. The molecule has 0 radical (unpaired) electrons. The van der Waals surface area contributed by atoms with E-state index in [1.165, 1.54) is 6.33 Å². The number of carbonyl (C=O) groups is 1. The van der Waals surface area contributed by atoms with E-state index in [0.29, 0.717) is 24.5 Å². The molecule has 0 saturated heterocycles. The Hall–Kier alpha value is -3.15. The number of hydrogen-bond acceptors (Lipinski definition) is 5. The molecule has 6 heteroatoms. The van der Waals surface area contributed by atoms with Gasteiger partial charge in [0.2, 0.25) is 0 Å². The van der Waals surface area contributed by atoms with Crippen molar-refractivity contribution in [3.05, 3.63) is 72.3 Å². The summed E-state index contributed by atoms with van der Waals surface area (Å²) >= 11 is 0. The number of hydrogen-bond donors (Lipinski definition) is 0. The zero-order valence-corrected chi connectivity index (χ0v) is 14.0. The van der Waals surface area contributed by atoms with Gasteiger partial charge < -0.3 is 9.47 Å². The molecule has 0 unspecified atom stereocenters. The second-order valence-electron chi connectivity index (χ2n) is 5.50. The first-order chi connectivity index (χ1) is 12.2. The van der Waals surface area contributed by atoms with Crippen molar-refractivity contribution in [2.45, 2.75) is 19.9 Å². The Morgan fingerprint density at radius 3 is 2.40 bits per heavy atom. The molecular formula is C19H19N3O3. The third-order valence-corrected chi connectivity index (χ3v) is 3.51. The number of rotatable bonds is 7. The van der Waals surface area contributed by atoms with Crippen LogP contribution in [0, 0.1) is 0 Å². The summed E-state index contributed by atoms with van der Waals surface area (Å²) in [6, 6.07) is 14.3. The first-order valence-corrected chi connectivity index (χ1v) is 8.11. The summed E-state index contributed by atoms with van der Waals surface area (Å²) in [5.74, 6) is 0.856. The van der Waals surface area contributed by atoms with Crippen molar-refractivity contribution >= 4 is 5.97 Å². The summed E-state index contributed by atoms with van der Waals surface area (Å²) in [6.45, 7) is 3.32. The normalized spacial score (nSPS) is 10.4. The highest BCUT2D eigenvalue weighted by Gasteiger charge is 2.09. The number of carbonyl (C=O) groups excluding carboxylic acids is 1. The van der Waals surface area contributed by atoms with Crippen molar-refractivity contribution in [2.24, 2.45) is 0 Å². The van der Waals surface area contributed by atoms with Gasteiger partial charge in [-0.2, -0.15) is 5.10 Å². The van der Waals surface area contributed by atoms with Gasteiger partial charge >= 0.3 is 5.97 Å². The van der Waals surface area contributed by atoms with E-state index in [0.717, 1.165) is 17.7 Å². The third-order valence-electron chi connectivity index (χ3n) is 3.51. The van der Waals surface area contributed by atoms with Gasteiger partial charge in [-0.15, -0.1) is 0 Å². The topological polar surface area (TPSA) is 66.2 Å². The summed E-state index contributed by atoms with van der Waals surface area (Å²) in [5, 5.41) is 4.05. The third kappa shape index (κ3) is 4.67. The molecule has 0 atom stereocenters. The number of nitrogens with zero attached hydrogens (tertiary/aromatic N) is 3. The van der Waals surface area contributed by atoms with Crippen LogP contribution in [0.15, 0.2) is 61.2 Å². The van der Waals surface area contributed by atoms with Crippen LogP contribution >= 0.6 is 0 Å². The minimum atomic E-state index is -0.394. The van der Waals surface area contributed by atoms with Crippen molar-refractivity contribution in [2.75, 3.05) is 6.61 Å². The van der Waals surface area contributed by atoms with Crippen molar-refractivity contribution in [1.82, 2.24) is 14.8 Å². The maximum absolute atomic E-state index is 12.2. The zero-order chi connectivity index (χ0) is 17.5. The SMILES string of the molecule is CCCOc1ccc(OC(=O)c2ccc(Cn3cncn3)cc2)cc1. The van der Waals surface area contributed by atoms with Gasteiger partial charge in [0.15, 0.2) is 0 Å². The van der Waals surface area contributed by atoms with Gasteiger partial charge in [-0.1, -0.05) is 19.1 Å². The van der Waals surface area contributed by atoms with Crippen LogP contribution in [0.1, 0.15) is 29.3 Å². The van der Waals surface area contributed by atoms with Crippen LogP contribution in [0.5, 0.6) is 11.5 Å². The van der Waals surface area contributed by atoms with E-state index in [1.807, 2.05) is 19.1 Å². The van der Waals surface area contributed by atoms with E-state index >= 15 is 0 Å². The van der Waals surface area contributed by atoms with Crippen LogP contribution in [0.25, 0.3) is 0 Å². The average molecular weight is 337 g/mol. The second-order valence-corrected chi connectivity index (χ2v) is 5.50. The summed E-state index contributed by atoms with van der Waals surface area (Å²) < 4.78 is 12.6. The minimum Gasteiger partial charge on any atom is -0.494 e. The fourth-order valence-corrected chi connectivity index (χ4v) is 2.24. The molecule has 0 bridgehead atoms. The van der Waals surface area contributed by atoms with E-state index in [9.17, 15) is 4.79 Å². The highest BCUT2D eigenvalue weighted by molar-refractivity contribution is 5.91. The summed E-state index contributed by atoms with van der Waals surface area (Å²) in [6.07, 6.45) is 4.09. The fraction of sp³-hybridized carbons (Fsp3) is 0.211. The molecule has 1 aromatic heterocycles. The van der Waals surface area contributed by atoms with E-state index in [-0.39, 0.29) is 0 Å². The Morgan fingerprint density at radius 1 is 1.04 bits per heavy atom. The largest absolute Gasteiger partial charge is 0.494 e. The lowest BCUT2D eigenvalue weighted by Gasteiger charge is -2.07. The van der Waals surface area contributed by atoms with Crippen LogP contribution in [0.2, 0.25) is 0 Å². The molecule has 0 saturated carbocycles. The number of ether oxygens (including phenoxy) is 2. The molecule has 0 aliphatic rings. The molecular weight excluding hydrogens is 318 g/mol. The standard InChI is InChI=1S/C19H19N3O3/c1-2-11-24-17-7-9-18(10-8-17)25-19(23)16-5-3-15(4-6-16)12-22-14-20-13-21-22/h3-10,13-14H,2,11-12H2,1H3.